The van der Waals surface area contributed by atoms with Crippen molar-refractivity contribution >= 4 is 15.7 Å². The molecule has 26 heavy (non-hydrogen) atoms. The normalized spacial score (nSPS) is 22.8. The predicted molar refractivity (Wildman–Crippen MR) is 92.3 cm³/mol. The van der Waals surface area contributed by atoms with Crippen LogP contribution >= 0.6 is 0 Å². The minimum absolute atomic E-state index is 0.124. The molecule has 2 aliphatic heterocycles. The first-order valence-electron chi connectivity index (χ1n) is 8.33. The zero-order chi connectivity index (χ0) is 18.2. The second-order valence-corrected chi connectivity index (χ2v) is 9.05. The molecule has 0 radical (unpaired) electrons. The molecule has 0 aromatic carbocycles. The number of carbonyl (C=O) groups is 1. The third-order valence-electron chi connectivity index (χ3n) is 5.17. The molecule has 1 amide bonds. The number of nitrogens with zero attached hydrogens (tertiary/aromatic N) is 4. The Balaban J connectivity index is 1.47. The lowest BCUT2D eigenvalue weighted by atomic mass is 9.83. The number of likely N-dealkylation sites (tertiary alicyclic amines) is 1. The molecule has 2 saturated heterocycles. The maximum Gasteiger partial charge on any atom is 0.272 e. The fourth-order valence-electron chi connectivity index (χ4n) is 3.65. The van der Waals surface area contributed by atoms with E-state index >= 15 is 0 Å². The van der Waals surface area contributed by atoms with Gasteiger partial charge in [-0.2, -0.15) is 0 Å². The lowest BCUT2D eigenvalue weighted by molar-refractivity contribution is 0.0401. The second kappa shape index (κ2) is 6.31. The molecule has 8 nitrogen and oxygen atoms in total. The lowest BCUT2D eigenvalue weighted by Crippen LogP contribution is -2.69. The van der Waals surface area contributed by atoms with Crippen LogP contribution in [-0.2, 0) is 9.84 Å². The van der Waals surface area contributed by atoms with Crippen LogP contribution in [0.4, 0.5) is 0 Å². The Kier molecular flexibility index (Phi) is 4.10. The van der Waals surface area contributed by atoms with Gasteiger partial charge < -0.3 is 9.64 Å². The molecule has 1 atom stereocenters. The number of pyridine rings is 1. The summed E-state index contributed by atoms with van der Waals surface area (Å²) in [4.78, 5) is 25.8. The summed E-state index contributed by atoms with van der Waals surface area (Å²) in [5, 5.41) is 0. The Morgan fingerprint density at radius 3 is 2.77 bits per heavy atom. The lowest BCUT2D eigenvalue weighted by Gasteiger charge is -2.49. The maximum absolute atomic E-state index is 12.7. The largest absolute Gasteiger partial charge is 0.477 e. The molecular formula is C17H18N4O4S. The van der Waals surface area contributed by atoms with Crippen LogP contribution in [0.1, 0.15) is 16.9 Å². The van der Waals surface area contributed by atoms with Crippen LogP contribution in [0.25, 0.3) is 0 Å². The van der Waals surface area contributed by atoms with Gasteiger partial charge in [-0.05, 0) is 18.6 Å². The zero-order valence-electron chi connectivity index (χ0n) is 14.0. The van der Waals surface area contributed by atoms with Crippen LogP contribution in [0.3, 0.4) is 0 Å². The summed E-state index contributed by atoms with van der Waals surface area (Å²) in [5.74, 6) is 0.160. The van der Waals surface area contributed by atoms with Crippen molar-refractivity contribution in [3.05, 3.63) is 48.7 Å². The van der Waals surface area contributed by atoms with E-state index in [1.165, 1.54) is 23.5 Å². The Morgan fingerprint density at radius 2 is 2.08 bits per heavy atom. The van der Waals surface area contributed by atoms with E-state index in [9.17, 15) is 13.2 Å². The molecule has 0 bridgehead atoms. The van der Waals surface area contributed by atoms with Gasteiger partial charge in [0.25, 0.3) is 5.91 Å². The molecule has 2 aromatic heterocycles. The van der Waals surface area contributed by atoms with Crippen molar-refractivity contribution in [2.24, 2.45) is 5.92 Å². The van der Waals surface area contributed by atoms with E-state index in [0.717, 1.165) is 0 Å². The SMILES string of the molecule is O=C(c1ccncn1)N1CC2(C1)[C@@H](COc1ccccn1)CCS2(=O)=O. The van der Waals surface area contributed by atoms with Crippen LogP contribution in [0, 0.1) is 5.92 Å². The number of rotatable bonds is 4. The summed E-state index contributed by atoms with van der Waals surface area (Å²) in [6.45, 7) is 0.620. The molecule has 0 aliphatic carbocycles. The van der Waals surface area contributed by atoms with Crippen LogP contribution in [0.2, 0.25) is 0 Å². The fourth-order valence-corrected chi connectivity index (χ4v) is 6.05. The van der Waals surface area contributed by atoms with Crippen LogP contribution in [0.15, 0.2) is 43.0 Å². The predicted octanol–water partition coefficient (Wildman–Crippen LogP) is 0.580. The first-order chi connectivity index (χ1) is 12.5. The molecule has 1 spiro atoms. The van der Waals surface area contributed by atoms with E-state index in [1.807, 2.05) is 6.07 Å². The highest BCUT2D eigenvalue weighted by molar-refractivity contribution is 7.93. The van der Waals surface area contributed by atoms with E-state index in [-0.39, 0.29) is 43.0 Å². The van der Waals surface area contributed by atoms with Gasteiger partial charge >= 0.3 is 0 Å². The standard InChI is InChI=1S/C17H18N4O4S/c22-16(14-4-7-18-12-20-14)21-10-17(11-21)13(5-8-26(17,23)24)9-25-15-3-1-2-6-19-15/h1-4,6-7,12-13H,5,8-11H2/t13-/m1/s1. The van der Waals surface area contributed by atoms with Gasteiger partial charge in [0.05, 0.1) is 12.4 Å². The molecule has 136 valence electrons. The minimum Gasteiger partial charge on any atom is -0.477 e. The topological polar surface area (TPSA) is 102 Å². The molecular weight excluding hydrogens is 356 g/mol. The molecule has 9 heteroatoms. The highest BCUT2D eigenvalue weighted by atomic mass is 32.2. The Labute approximate surface area is 151 Å². The summed E-state index contributed by atoms with van der Waals surface area (Å²) >= 11 is 0. The summed E-state index contributed by atoms with van der Waals surface area (Å²) in [6.07, 6.45) is 4.96. The number of carbonyl (C=O) groups excluding carboxylic acids is 1. The van der Waals surface area contributed by atoms with Gasteiger partial charge in [-0.3, -0.25) is 4.79 Å². The van der Waals surface area contributed by atoms with E-state index in [1.54, 1.807) is 18.3 Å². The van der Waals surface area contributed by atoms with Gasteiger partial charge in [0.1, 0.15) is 16.8 Å². The van der Waals surface area contributed by atoms with Gasteiger partial charge in [-0.15, -0.1) is 0 Å². The van der Waals surface area contributed by atoms with Gasteiger partial charge in [0.2, 0.25) is 5.88 Å². The third-order valence-corrected chi connectivity index (χ3v) is 7.78. The summed E-state index contributed by atoms with van der Waals surface area (Å²) in [7, 11) is -3.28. The van der Waals surface area contributed by atoms with E-state index in [2.05, 4.69) is 15.0 Å². The van der Waals surface area contributed by atoms with Crippen molar-refractivity contribution in [1.29, 1.82) is 0 Å². The number of sulfone groups is 1. The quantitative estimate of drug-likeness (QED) is 0.771. The highest BCUT2D eigenvalue weighted by Crippen LogP contribution is 2.45. The highest BCUT2D eigenvalue weighted by Gasteiger charge is 2.62. The number of amides is 1. The molecule has 2 aliphatic rings. The molecule has 0 saturated carbocycles. The van der Waals surface area contributed by atoms with Gasteiger partial charge in [0.15, 0.2) is 9.84 Å². The molecule has 4 heterocycles. The van der Waals surface area contributed by atoms with Crippen molar-refractivity contribution < 1.29 is 17.9 Å². The summed E-state index contributed by atoms with van der Waals surface area (Å²) in [5.41, 5.74) is 0.270. The van der Waals surface area contributed by atoms with Crippen molar-refractivity contribution in [3.63, 3.8) is 0 Å². The summed E-state index contributed by atoms with van der Waals surface area (Å²) in [6, 6.07) is 6.87. The minimum atomic E-state index is -3.28. The first-order valence-corrected chi connectivity index (χ1v) is 9.98. The Bertz CT molecular complexity index is 899. The first kappa shape index (κ1) is 16.9. The maximum atomic E-state index is 12.7. The van der Waals surface area contributed by atoms with E-state index in [0.29, 0.717) is 12.3 Å². The van der Waals surface area contributed by atoms with E-state index < -0.39 is 14.6 Å². The van der Waals surface area contributed by atoms with Crippen LogP contribution in [-0.4, -0.2) is 64.4 Å². The number of aromatic nitrogens is 3. The number of hydrogen-bond donors (Lipinski definition) is 0. The Hall–Kier alpha value is -2.55. The van der Waals surface area contributed by atoms with Gasteiger partial charge in [0, 0.05) is 37.5 Å². The monoisotopic (exact) mass is 374 g/mol. The fraction of sp³-hybridized carbons (Fsp3) is 0.412. The molecule has 2 fully saturated rings. The Morgan fingerprint density at radius 1 is 1.23 bits per heavy atom. The van der Waals surface area contributed by atoms with Gasteiger partial charge in [-0.1, -0.05) is 6.07 Å². The van der Waals surface area contributed by atoms with Crippen molar-refractivity contribution in [2.75, 3.05) is 25.4 Å². The van der Waals surface area contributed by atoms with Crippen LogP contribution in [0.5, 0.6) is 5.88 Å². The molecule has 0 N–H and O–H groups in total. The van der Waals surface area contributed by atoms with Crippen molar-refractivity contribution in [3.8, 4) is 5.88 Å². The summed E-state index contributed by atoms with van der Waals surface area (Å²) < 4.78 is 30.1. The zero-order valence-corrected chi connectivity index (χ0v) is 14.8. The van der Waals surface area contributed by atoms with Gasteiger partial charge in [-0.25, -0.2) is 23.4 Å². The third kappa shape index (κ3) is 2.72. The van der Waals surface area contributed by atoms with Crippen LogP contribution < -0.4 is 4.74 Å². The average molecular weight is 374 g/mol. The second-order valence-electron chi connectivity index (χ2n) is 6.60. The number of hydrogen-bond acceptors (Lipinski definition) is 7. The van der Waals surface area contributed by atoms with Crippen molar-refractivity contribution in [1.82, 2.24) is 19.9 Å². The van der Waals surface area contributed by atoms with E-state index in [4.69, 9.17) is 4.74 Å². The smallest absolute Gasteiger partial charge is 0.272 e. The molecule has 2 aromatic rings. The number of ether oxygens (including phenoxy) is 1. The van der Waals surface area contributed by atoms with Crippen molar-refractivity contribution in [2.45, 2.75) is 11.2 Å². The molecule has 0 unspecified atom stereocenters. The molecule has 4 rings (SSSR count). The average Bonchev–Trinajstić information content (AvgIpc) is 2.90.